The molecule has 0 bridgehead atoms. The molecule has 0 saturated carbocycles. The number of aromatic nitrogens is 6. The molecule has 0 spiro atoms. The summed E-state index contributed by atoms with van der Waals surface area (Å²) >= 11 is 0. The lowest BCUT2D eigenvalue weighted by Gasteiger charge is -2.15. The van der Waals surface area contributed by atoms with Gasteiger partial charge in [0.05, 0.1) is 12.6 Å². The number of hydrogen-bond donors (Lipinski definition) is 2. The minimum absolute atomic E-state index is 0.119. The molecule has 4 aromatic rings. The minimum Gasteiger partial charge on any atom is -0.378 e. The molecule has 1 unspecified atom stereocenters. The van der Waals surface area contributed by atoms with Crippen molar-refractivity contribution < 1.29 is 4.79 Å². The summed E-state index contributed by atoms with van der Waals surface area (Å²) in [5.74, 6) is 1.27. The molecule has 4 rings (SSSR count). The fraction of sp³-hybridized carbons (Fsp3) is 0.182. The quantitative estimate of drug-likeness (QED) is 0.478. The molecule has 2 N–H and O–H groups in total. The van der Waals surface area contributed by atoms with Gasteiger partial charge in [0, 0.05) is 36.9 Å². The standard InChI is InChI=1S/C22H22N8O/c1-15(16-6-9-23-10-7-16)27-22(31)17-4-3-5-18(12-17)25-13-20-28-29-21(30(20)2)19-8-11-24-14-26-19/h3-12,14-15,25H,13H2,1-2H3,(H,27,31). The lowest BCUT2D eigenvalue weighted by atomic mass is 10.1. The van der Waals surface area contributed by atoms with Gasteiger partial charge in [0.25, 0.3) is 5.91 Å². The summed E-state index contributed by atoms with van der Waals surface area (Å²) in [6.07, 6.45) is 6.57. The number of nitrogens with one attached hydrogen (secondary N) is 2. The van der Waals surface area contributed by atoms with E-state index in [9.17, 15) is 4.79 Å². The van der Waals surface area contributed by atoms with E-state index in [0.29, 0.717) is 23.6 Å². The molecule has 3 heterocycles. The zero-order valence-electron chi connectivity index (χ0n) is 17.2. The summed E-state index contributed by atoms with van der Waals surface area (Å²) in [4.78, 5) is 24.8. The van der Waals surface area contributed by atoms with Gasteiger partial charge in [0.1, 0.15) is 12.0 Å². The molecule has 9 nitrogen and oxygen atoms in total. The van der Waals surface area contributed by atoms with Gasteiger partial charge in [-0.1, -0.05) is 6.07 Å². The highest BCUT2D eigenvalue weighted by molar-refractivity contribution is 5.95. The third-order valence-corrected chi connectivity index (χ3v) is 4.91. The van der Waals surface area contributed by atoms with E-state index in [2.05, 4.69) is 35.8 Å². The number of rotatable bonds is 7. The fourth-order valence-corrected chi connectivity index (χ4v) is 3.13. The number of anilines is 1. The van der Waals surface area contributed by atoms with E-state index in [0.717, 1.165) is 17.1 Å². The SMILES string of the molecule is CC(NC(=O)c1cccc(NCc2nnc(-c3ccncn3)n2C)c1)c1ccncc1. The zero-order valence-corrected chi connectivity index (χ0v) is 17.2. The Morgan fingerprint density at radius 1 is 1.06 bits per heavy atom. The first-order valence-corrected chi connectivity index (χ1v) is 9.81. The lowest BCUT2D eigenvalue weighted by Crippen LogP contribution is -2.26. The highest BCUT2D eigenvalue weighted by Gasteiger charge is 2.13. The van der Waals surface area contributed by atoms with Crippen molar-refractivity contribution in [3.8, 4) is 11.5 Å². The van der Waals surface area contributed by atoms with Crippen LogP contribution in [0.2, 0.25) is 0 Å². The predicted octanol–water partition coefficient (Wildman–Crippen LogP) is 2.77. The number of carbonyl (C=O) groups excluding carboxylic acids is 1. The van der Waals surface area contributed by atoms with Crippen LogP contribution >= 0.6 is 0 Å². The van der Waals surface area contributed by atoms with E-state index >= 15 is 0 Å². The number of benzene rings is 1. The van der Waals surface area contributed by atoms with Gasteiger partial charge < -0.3 is 15.2 Å². The molecule has 0 radical (unpaired) electrons. The van der Waals surface area contributed by atoms with Crippen molar-refractivity contribution in [2.45, 2.75) is 19.5 Å². The van der Waals surface area contributed by atoms with Crippen LogP contribution in [0.1, 0.15) is 34.7 Å². The van der Waals surface area contributed by atoms with Gasteiger partial charge in [0.2, 0.25) is 0 Å². The summed E-state index contributed by atoms with van der Waals surface area (Å²) in [6, 6.07) is 12.8. The molecule has 3 aromatic heterocycles. The average Bonchev–Trinajstić information content (AvgIpc) is 3.19. The molecular weight excluding hydrogens is 392 g/mol. The Hall–Kier alpha value is -4.14. The topological polar surface area (TPSA) is 111 Å². The van der Waals surface area contributed by atoms with Crippen molar-refractivity contribution in [1.29, 1.82) is 0 Å². The monoisotopic (exact) mass is 414 g/mol. The van der Waals surface area contributed by atoms with Gasteiger partial charge in [-0.2, -0.15) is 0 Å². The van der Waals surface area contributed by atoms with E-state index in [1.807, 2.05) is 48.9 Å². The summed E-state index contributed by atoms with van der Waals surface area (Å²) in [5, 5.41) is 14.8. The van der Waals surface area contributed by atoms with Crippen LogP contribution < -0.4 is 10.6 Å². The summed E-state index contributed by atoms with van der Waals surface area (Å²) in [6.45, 7) is 2.39. The lowest BCUT2D eigenvalue weighted by molar-refractivity contribution is 0.0940. The average molecular weight is 414 g/mol. The second-order valence-corrected chi connectivity index (χ2v) is 7.00. The number of nitrogens with zero attached hydrogens (tertiary/aromatic N) is 6. The first-order chi connectivity index (χ1) is 15.1. The zero-order chi connectivity index (χ0) is 21.6. The normalized spacial score (nSPS) is 11.7. The van der Waals surface area contributed by atoms with Crippen molar-refractivity contribution in [1.82, 2.24) is 35.0 Å². The first-order valence-electron chi connectivity index (χ1n) is 9.81. The van der Waals surface area contributed by atoms with Gasteiger partial charge in [-0.15, -0.1) is 10.2 Å². The molecule has 0 fully saturated rings. The van der Waals surface area contributed by atoms with Crippen LogP contribution in [0.4, 0.5) is 5.69 Å². The minimum atomic E-state index is -0.141. The second kappa shape index (κ2) is 9.12. The molecule has 0 aliphatic carbocycles. The highest BCUT2D eigenvalue weighted by atomic mass is 16.1. The number of pyridine rings is 1. The predicted molar refractivity (Wildman–Crippen MR) is 116 cm³/mol. The maximum atomic E-state index is 12.7. The van der Waals surface area contributed by atoms with Gasteiger partial charge in [0.15, 0.2) is 11.6 Å². The number of carbonyl (C=O) groups is 1. The summed E-state index contributed by atoms with van der Waals surface area (Å²) in [7, 11) is 1.89. The maximum absolute atomic E-state index is 12.7. The summed E-state index contributed by atoms with van der Waals surface area (Å²) in [5.41, 5.74) is 3.10. The largest absolute Gasteiger partial charge is 0.378 e. The third kappa shape index (κ3) is 4.72. The molecule has 0 aliphatic rings. The van der Waals surface area contributed by atoms with E-state index in [4.69, 9.17) is 0 Å². The van der Waals surface area contributed by atoms with E-state index in [1.165, 1.54) is 6.33 Å². The summed E-state index contributed by atoms with van der Waals surface area (Å²) < 4.78 is 1.88. The Bertz CT molecular complexity index is 1160. The van der Waals surface area contributed by atoms with Crippen LogP contribution in [-0.2, 0) is 13.6 Å². The van der Waals surface area contributed by atoms with Gasteiger partial charge in [-0.3, -0.25) is 9.78 Å². The van der Waals surface area contributed by atoms with Crippen LogP contribution in [0.25, 0.3) is 11.5 Å². The van der Waals surface area contributed by atoms with E-state index in [1.54, 1.807) is 30.7 Å². The van der Waals surface area contributed by atoms with Gasteiger partial charge >= 0.3 is 0 Å². The molecule has 156 valence electrons. The number of hydrogen-bond acceptors (Lipinski definition) is 7. The van der Waals surface area contributed by atoms with Gasteiger partial charge in [-0.25, -0.2) is 9.97 Å². The highest BCUT2D eigenvalue weighted by Crippen LogP contribution is 2.17. The Labute approximate surface area is 179 Å². The molecule has 31 heavy (non-hydrogen) atoms. The van der Waals surface area contributed by atoms with Gasteiger partial charge in [-0.05, 0) is 48.9 Å². The Morgan fingerprint density at radius 3 is 2.65 bits per heavy atom. The molecule has 1 amide bonds. The van der Waals surface area contributed by atoms with Crippen molar-refractivity contribution in [2.75, 3.05) is 5.32 Å². The van der Waals surface area contributed by atoms with Crippen LogP contribution in [0.3, 0.4) is 0 Å². The Morgan fingerprint density at radius 2 is 1.87 bits per heavy atom. The molecule has 1 atom stereocenters. The molecule has 9 heteroatoms. The fourth-order valence-electron chi connectivity index (χ4n) is 3.13. The van der Waals surface area contributed by atoms with Crippen LogP contribution in [0.5, 0.6) is 0 Å². The smallest absolute Gasteiger partial charge is 0.251 e. The number of amides is 1. The maximum Gasteiger partial charge on any atom is 0.251 e. The second-order valence-electron chi connectivity index (χ2n) is 7.00. The molecule has 0 aliphatic heterocycles. The van der Waals surface area contributed by atoms with Crippen molar-refractivity contribution in [3.63, 3.8) is 0 Å². The van der Waals surface area contributed by atoms with Crippen molar-refractivity contribution in [2.24, 2.45) is 7.05 Å². The molecule has 0 saturated heterocycles. The van der Waals surface area contributed by atoms with Crippen molar-refractivity contribution in [3.05, 3.63) is 84.3 Å². The van der Waals surface area contributed by atoms with Crippen LogP contribution in [0.15, 0.2) is 67.4 Å². The van der Waals surface area contributed by atoms with Crippen molar-refractivity contribution >= 4 is 11.6 Å². The van der Waals surface area contributed by atoms with Crippen LogP contribution in [0, 0.1) is 0 Å². The molecular formula is C22H22N8O. The molecule has 1 aromatic carbocycles. The first kappa shape index (κ1) is 20.1. The van der Waals surface area contributed by atoms with Crippen LogP contribution in [-0.4, -0.2) is 35.6 Å². The third-order valence-electron chi connectivity index (χ3n) is 4.91. The Kier molecular flexibility index (Phi) is 5.93. The van der Waals surface area contributed by atoms with E-state index < -0.39 is 0 Å². The van der Waals surface area contributed by atoms with E-state index in [-0.39, 0.29) is 11.9 Å². The Balaban J connectivity index is 1.41.